The van der Waals surface area contributed by atoms with Gasteiger partial charge in [0.05, 0.1) is 6.10 Å². The van der Waals surface area contributed by atoms with E-state index in [4.69, 9.17) is 14.9 Å². The van der Waals surface area contributed by atoms with Gasteiger partial charge in [-0.05, 0) is 42.4 Å². The largest absolute Gasteiger partial charge is 0.483 e. The van der Waals surface area contributed by atoms with Crippen LogP contribution in [0.5, 0.6) is 5.75 Å². The number of hydrogen-bond donors (Lipinski definition) is 1. The van der Waals surface area contributed by atoms with E-state index in [1.165, 1.54) is 12.1 Å². The normalized spacial score (nSPS) is 19.5. The quantitative estimate of drug-likeness (QED) is 0.853. The summed E-state index contributed by atoms with van der Waals surface area (Å²) < 4.78 is 25.6. The zero-order valence-corrected chi connectivity index (χ0v) is 15.0. The lowest BCUT2D eigenvalue weighted by Crippen LogP contribution is -2.50. The standard InChI is InChI=1S/C17H26FNO2Si/c1-17(2,3)22(4,5)21-16(11-19)15-8-6-12-10-13(18)7-9-14(12)20-15/h6-10,15-16H,11,19H2,1-5H3/t15-,16-/m1/s1. The van der Waals surface area contributed by atoms with Crippen molar-refractivity contribution in [1.82, 2.24) is 0 Å². The van der Waals surface area contributed by atoms with Crippen LogP contribution < -0.4 is 10.5 Å². The minimum Gasteiger partial charge on any atom is -0.483 e. The Morgan fingerprint density at radius 3 is 2.64 bits per heavy atom. The van der Waals surface area contributed by atoms with Crippen molar-refractivity contribution in [2.75, 3.05) is 6.54 Å². The van der Waals surface area contributed by atoms with Crippen molar-refractivity contribution in [3.8, 4) is 5.75 Å². The third-order valence-electron chi connectivity index (χ3n) is 4.55. The Kier molecular flexibility index (Phi) is 4.80. The van der Waals surface area contributed by atoms with Crippen LogP contribution in [0.15, 0.2) is 24.3 Å². The Morgan fingerprint density at radius 1 is 1.36 bits per heavy atom. The second-order valence-corrected chi connectivity index (χ2v) is 12.0. The monoisotopic (exact) mass is 323 g/mol. The van der Waals surface area contributed by atoms with Gasteiger partial charge < -0.3 is 14.9 Å². The van der Waals surface area contributed by atoms with E-state index in [0.717, 1.165) is 5.56 Å². The molecule has 0 unspecified atom stereocenters. The Bertz CT molecular complexity index is 566. The van der Waals surface area contributed by atoms with E-state index < -0.39 is 8.32 Å². The van der Waals surface area contributed by atoms with Gasteiger partial charge in [-0.1, -0.05) is 26.8 Å². The number of rotatable bonds is 4. The third kappa shape index (κ3) is 3.59. The van der Waals surface area contributed by atoms with E-state index in [9.17, 15) is 4.39 Å². The predicted molar refractivity (Wildman–Crippen MR) is 91.0 cm³/mol. The molecule has 1 aliphatic rings. The topological polar surface area (TPSA) is 44.5 Å². The molecule has 0 amide bonds. The minimum atomic E-state index is -1.93. The van der Waals surface area contributed by atoms with Crippen LogP contribution in [0.2, 0.25) is 18.1 Å². The molecule has 1 aromatic rings. The molecule has 0 aromatic heterocycles. The van der Waals surface area contributed by atoms with Crippen molar-refractivity contribution in [2.24, 2.45) is 5.73 Å². The van der Waals surface area contributed by atoms with Gasteiger partial charge in [-0.25, -0.2) is 4.39 Å². The number of ether oxygens (including phenoxy) is 1. The predicted octanol–water partition coefficient (Wildman–Crippen LogP) is 3.95. The van der Waals surface area contributed by atoms with Crippen LogP contribution in [0, 0.1) is 5.82 Å². The summed E-state index contributed by atoms with van der Waals surface area (Å²) in [7, 11) is -1.93. The molecular weight excluding hydrogens is 297 g/mol. The maximum atomic E-state index is 13.2. The van der Waals surface area contributed by atoms with Crippen molar-refractivity contribution < 1.29 is 13.6 Å². The van der Waals surface area contributed by atoms with Gasteiger partial charge >= 0.3 is 0 Å². The van der Waals surface area contributed by atoms with Gasteiger partial charge in [0, 0.05) is 12.1 Å². The van der Waals surface area contributed by atoms with E-state index in [1.807, 2.05) is 12.2 Å². The molecular formula is C17H26FNO2Si. The zero-order valence-electron chi connectivity index (χ0n) is 14.0. The van der Waals surface area contributed by atoms with E-state index >= 15 is 0 Å². The number of halogens is 1. The molecule has 1 aliphatic heterocycles. The number of benzene rings is 1. The maximum absolute atomic E-state index is 13.2. The smallest absolute Gasteiger partial charge is 0.192 e. The van der Waals surface area contributed by atoms with Crippen molar-refractivity contribution in [3.05, 3.63) is 35.7 Å². The molecule has 0 radical (unpaired) electrons. The van der Waals surface area contributed by atoms with E-state index in [2.05, 4.69) is 33.9 Å². The molecule has 22 heavy (non-hydrogen) atoms. The summed E-state index contributed by atoms with van der Waals surface area (Å²) in [5, 5.41) is 0.111. The lowest BCUT2D eigenvalue weighted by Gasteiger charge is -2.41. The third-order valence-corrected chi connectivity index (χ3v) is 9.06. The van der Waals surface area contributed by atoms with Crippen LogP contribution in [-0.4, -0.2) is 27.1 Å². The average molecular weight is 323 g/mol. The Hall–Kier alpha value is -1.17. The van der Waals surface area contributed by atoms with Crippen LogP contribution >= 0.6 is 0 Å². The summed E-state index contributed by atoms with van der Waals surface area (Å²) in [6, 6.07) is 4.52. The second kappa shape index (κ2) is 6.14. The van der Waals surface area contributed by atoms with Crippen LogP contribution in [0.4, 0.5) is 4.39 Å². The Labute approximate surface area is 133 Å². The van der Waals surface area contributed by atoms with Crippen LogP contribution in [0.1, 0.15) is 26.3 Å². The van der Waals surface area contributed by atoms with Gasteiger partial charge in [0.1, 0.15) is 17.7 Å². The zero-order chi connectivity index (χ0) is 16.5. The summed E-state index contributed by atoms with van der Waals surface area (Å²) in [6.07, 6.45) is 3.35. The minimum absolute atomic E-state index is 0.111. The van der Waals surface area contributed by atoms with E-state index in [0.29, 0.717) is 12.3 Å². The summed E-state index contributed by atoms with van der Waals surface area (Å²) in [5.41, 5.74) is 6.67. The molecule has 1 aromatic carbocycles. The summed E-state index contributed by atoms with van der Waals surface area (Å²) in [6.45, 7) is 11.4. The molecule has 0 fully saturated rings. The molecule has 2 atom stereocenters. The first-order valence-electron chi connectivity index (χ1n) is 7.66. The highest BCUT2D eigenvalue weighted by atomic mass is 28.4. The van der Waals surface area contributed by atoms with Gasteiger partial charge in [0.2, 0.25) is 0 Å². The molecule has 0 bridgehead atoms. The van der Waals surface area contributed by atoms with Gasteiger partial charge in [-0.2, -0.15) is 0 Å². The van der Waals surface area contributed by atoms with Crippen LogP contribution in [-0.2, 0) is 4.43 Å². The SMILES string of the molecule is CC(C)(C)[Si](C)(C)O[C@H](CN)[C@H]1C=Cc2cc(F)ccc2O1. The Balaban J connectivity index is 2.16. The van der Waals surface area contributed by atoms with Crippen molar-refractivity contribution in [3.63, 3.8) is 0 Å². The first-order chi connectivity index (χ1) is 10.1. The van der Waals surface area contributed by atoms with Gasteiger partial charge in [-0.15, -0.1) is 0 Å². The fourth-order valence-corrected chi connectivity index (χ4v) is 3.49. The second-order valence-electron chi connectivity index (χ2n) is 7.28. The highest BCUT2D eigenvalue weighted by Gasteiger charge is 2.40. The van der Waals surface area contributed by atoms with Gasteiger partial charge in [0.15, 0.2) is 8.32 Å². The maximum Gasteiger partial charge on any atom is 0.192 e. The van der Waals surface area contributed by atoms with Crippen LogP contribution in [0.25, 0.3) is 6.08 Å². The summed E-state index contributed by atoms with van der Waals surface area (Å²) in [4.78, 5) is 0. The first-order valence-corrected chi connectivity index (χ1v) is 10.6. The molecule has 0 saturated heterocycles. The van der Waals surface area contributed by atoms with Gasteiger partial charge in [0.25, 0.3) is 0 Å². The lowest BCUT2D eigenvalue weighted by atomic mass is 10.1. The van der Waals surface area contributed by atoms with Crippen molar-refractivity contribution in [1.29, 1.82) is 0 Å². The lowest BCUT2D eigenvalue weighted by molar-refractivity contribution is 0.0765. The molecule has 3 nitrogen and oxygen atoms in total. The van der Waals surface area contributed by atoms with Crippen LogP contribution in [0.3, 0.4) is 0 Å². The molecule has 0 saturated carbocycles. The van der Waals surface area contributed by atoms with E-state index in [-0.39, 0.29) is 23.1 Å². The highest BCUT2D eigenvalue weighted by molar-refractivity contribution is 6.74. The number of hydrogen-bond acceptors (Lipinski definition) is 3. The number of nitrogens with two attached hydrogens (primary N) is 1. The van der Waals surface area contributed by atoms with Crippen molar-refractivity contribution >= 4 is 14.4 Å². The molecule has 5 heteroatoms. The molecule has 0 spiro atoms. The molecule has 2 rings (SSSR count). The number of fused-ring (bicyclic) bond motifs is 1. The fraction of sp³-hybridized carbons (Fsp3) is 0.529. The fourth-order valence-electron chi connectivity index (χ4n) is 2.15. The summed E-state index contributed by atoms with van der Waals surface area (Å²) in [5.74, 6) is 0.407. The molecule has 122 valence electrons. The first kappa shape index (κ1) is 17.2. The van der Waals surface area contributed by atoms with Crippen molar-refractivity contribution in [2.45, 2.75) is 51.1 Å². The molecule has 1 heterocycles. The summed E-state index contributed by atoms with van der Waals surface area (Å²) >= 11 is 0. The average Bonchev–Trinajstić information content (AvgIpc) is 2.43. The van der Waals surface area contributed by atoms with E-state index in [1.54, 1.807) is 6.07 Å². The molecule has 0 aliphatic carbocycles. The Morgan fingerprint density at radius 2 is 2.05 bits per heavy atom. The molecule has 2 N–H and O–H groups in total. The highest BCUT2D eigenvalue weighted by Crippen LogP contribution is 2.38. The van der Waals surface area contributed by atoms with Gasteiger partial charge in [-0.3, -0.25) is 0 Å².